The van der Waals surface area contributed by atoms with E-state index in [4.69, 9.17) is 16.0 Å². The highest BCUT2D eigenvalue weighted by Gasteiger charge is 2.21. The Balaban J connectivity index is 1.82. The predicted octanol–water partition coefficient (Wildman–Crippen LogP) is 5.57. The Labute approximate surface area is 203 Å². The molecular weight excluding hydrogens is 452 g/mol. The van der Waals surface area contributed by atoms with Crippen LogP contribution in [0.5, 0.6) is 0 Å². The standard InChI is InChI=1S/C26H29ClN4O3/c1-14-9-19(16(3)29-21-7-8-22(27)30-17(21)4)25-20(10-14)23(32)15(2)24(34-25)18-11-28-31(12-18)13-26(5,6)33/h7-12,16,29,33H,13H2,1-6H3. The number of pyridine rings is 1. The average molecular weight is 481 g/mol. The zero-order valence-corrected chi connectivity index (χ0v) is 21.0. The molecule has 1 atom stereocenters. The Hall–Kier alpha value is -3.16. The molecular formula is C26H29ClN4O3. The SMILES string of the molecule is Cc1cc(C(C)Nc2ccc(Cl)nc2C)c2oc(-c3cnn(CC(C)(C)O)c3)c(C)c(=O)c2c1. The van der Waals surface area contributed by atoms with Gasteiger partial charge in [-0.05, 0) is 65.3 Å². The maximum absolute atomic E-state index is 13.4. The number of hydrogen-bond acceptors (Lipinski definition) is 6. The maximum atomic E-state index is 13.4. The maximum Gasteiger partial charge on any atom is 0.196 e. The van der Waals surface area contributed by atoms with Gasteiger partial charge < -0.3 is 14.8 Å². The minimum Gasteiger partial charge on any atom is -0.455 e. The number of rotatable bonds is 6. The molecule has 0 aliphatic rings. The van der Waals surface area contributed by atoms with E-state index in [1.807, 2.05) is 39.0 Å². The van der Waals surface area contributed by atoms with Crippen LogP contribution in [-0.4, -0.2) is 25.5 Å². The number of aliphatic hydroxyl groups is 1. The molecule has 0 bridgehead atoms. The molecule has 34 heavy (non-hydrogen) atoms. The zero-order valence-electron chi connectivity index (χ0n) is 20.2. The Morgan fingerprint density at radius 2 is 1.97 bits per heavy atom. The van der Waals surface area contributed by atoms with Crippen LogP contribution in [0.25, 0.3) is 22.3 Å². The second-order valence-electron chi connectivity index (χ2n) is 9.49. The molecule has 8 heteroatoms. The monoisotopic (exact) mass is 480 g/mol. The van der Waals surface area contributed by atoms with Gasteiger partial charge in [0.2, 0.25) is 0 Å². The first-order valence-corrected chi connectivity index (χ1v) is 11.5. The number of hydrogen-bond donors (Lipinski definition) is 2. The lowest BCUT2D eigenvalue weighted by Gasteiger charge is -2.19. The van der Waals surface area contributed by atoms with Gasteiger partial charge in [0.1, 0.15) is 16.5 Å². The first-order chi connectivity index (χ1) is 15.9. The van der Waals surface area contributed by atoms with Crippen molar-refractivity contribution in [1.82, 2.24) is 14.8 Å². The highest BCUT2D eigenvalue weighted by atomic mass is 35.5. The van der Waals surface area contributed by atoms with Crippen molar-refractivity contribution in [2.24, 2.45) is 0 Å². The van der Waals surface area contributed by atoms with Crippen molar-refractivity contribution < 1.29 is 9.52 Å². The molecule has 0 spiro atoms. The Morgan fingerprint density at radius 1 is 1.24 bits per heavy atom. The summed E-state index contributed by atoms with van der Waals surface area (Å²) in [6.07, 6.45) is 3.44. The van der Waals surface area contributed by atoms with Crippen molar-refractivity contribution in [3.05, 3.63) is 74.4 Å². The molecule has 0 aliphatic heterocycles. The molecule has 1 aromatic carbocycles. The number of benzene rings is 1. The van der Waals surface area contributed by atoms with E-state index < -0.39 is 5.60 Å². The van der Waals surface area contributed by atoms with Crippen molar-refractivity contribution in [2.75, 3.05) is 5.32 Å². The van der Waals surface area contributed by atoms with E-state index in [9.17, 15) is 9.90 Å². The van der Waals surface area contributed by atoms with Crippen LogP contribution in [0, 0.1) is 20.8 Å². The number of fused-ring (bicyclic) bond motifs is 1. The van der Waals surface area contributed by atoms with Crippen molar-refractivity contribution in [2.45, 2.75) is 59.7 Å². The number of aromatic nitrogens is 3. The molecule has 0 fully saturated rings. The topological polar surface area (TPSA) is 93.2 Å². The molecule has 4 rings (SSSR count). The van der Waals surface area contributed by atoms with Gasteiger partial charge in [0.25, 0.3) is 0 Å². The minimum atomic E-state index is -0.914. The summed E-state index contributed by atoms with van der Waals surface area (Å²) in [5, 5.41) is 18.9. The highest BCUT2D eigenvalue weighted by molar-refractivity contribution is 6.29. The van der Waals surface area contributed by atoms with Gasteiger partial charge in [0.05, 0.1) is 46.7 Å². The Morgan fingerprint density at radius 3 is 2.65 bits per heavy atom. The van der Waals surface area contributed by atoms with E-state index in [-0.39, 0.29) is 11.5 Å². The molecule has 1 unspecified atom stereocenters. The number of anilines is 1. The fourth-order valence-electron chi connectivity index (χ4n) is 4.12. The quantitative estimate of drug-likeness (QED) is 0.350. The molecule has 178 valence electrons. The molecule has 0 saturated heterocycles. The zero-order chi connectivity index (χ0) is 24.8. The molecule has 3 heterocycles. The summed E-state index contributed by atoms with van der Waals surface area (Å²) in [6.45, 7) is 11.4. The second kappa shape index (κ2) is 8.89. The van der Waals surface area contributed by atoms with Gasteiger partial charge in [-0.25, -0.2) is 4.98 Å². The van der Waals surface area contributed by atoms with Crippen LogP contribution < -0.4 is 10.7 Å². The lowest BCUT2D eigenvalue weighted by Crippen LogP contribution is -2.26. The van der Waals surface area contributed by atoms with Crippen LogP contribution in [-0.2, 0) is 6.54 Å². The summed E-state index contributed by atoms with van der Waals surface area (Å²) in [4.78, 5) is 17.7. The van der Waals surface area contributed by atoms with Gasteiger partial charge in [-0.2, -0.15) is 5.10 Å². The number of nitrogens with zero attached hydrogens (tertiary/aromatic N) is 3. The van der Waals surface area contributed by atoms with Crippen molar-refractivity contribution in [3.8, 4) is 11.3 Å². The summed E-state index contributed by atoms with van der Waals surface area (Å²) < 4.78 is 8.05. The van der Waals surface area contributed by atoms with E-state index in [1.165, 1.54) is 0 Å². The molecule has 0 amide bonds. The molecule has 4 aromatic rings. The molecule has 0 saturated carbocycles. The third-order valence-electron chi connectivity index (χ3n) is 5.73. The molecule has 7 nitrogen and oxygen atoms in total. The van der Waals surface area contributed by atoms with Crippen molar-refractivity contribution >= 4 is 28.3 Å². The van der Waals surface area contributed by atoms with Crippen molar-refractivity contribution in [3.63, 3.8) is 0 Å². The van der Waals surface area contributed by atoms with Gasteiger partial charge in [0.15, 0.2) is 5.43 Å². The molecule has 0 radical (unpaired) electrons. The predicted molar refractivity (Wildman–Crippen MR) is 135 cm³/mol. The fraction of sp³-hybridized carbons (Fsp3) is 0.346. The number of aryl methyl sites for hydroxylation is 2. The first kappa shape index (κ1) is 24.0. The Bertz CT molecular complexity index is 1430. The van der Waals surface area contributed by atoms with E-state index in [1.54, 1.807) is 43.9 Å². The third-order valence-corrected chi connectivity index (χ3v) is 5.94. The fourth-order valence-corrected chi connectivity index (χ4v) is 4.31. The van der Waals surface area contributed by atoms with Gasteiger partial charge in [-0.1, -0.05) is 17.7 Å². The van der Waals surface area contributed by atoms with Crippen LogP contribution in [0.4, 0.5) is 5.69 Å². The number of nitrogens with one attached hydrogen (secondary N) is 1. The summed E-state index contributed by atoms with van der Waals surface area (Å²) in [5.41, 5.74) is 4.23. The summed E-state index contributed by atoms with van der Waals surface area (Å²) in [5.74, 6) is 0.473. The van der Waals surface area contributed by atoms with E-state index in [0.717, 1.165) is 22.5 Å². The van der Waals surface area contributed by atoms with Crippen LogP contribution >= 0.6 is 11.6 Å². The second-order valence-corrected chi connectivity index (χ2v) is 9.88. The summed E-state index contributed by atoms with van der Waals surface area (Å²) in [7, 11) is 0. The molecule has 0 aliphatic carbocycles. The van der Waals surface area contributed by atoms with Gasteiger partial charge >= 0.3 is 0 Å². The van der Waals surface area contributed by atoms with Gasteiger partial charge in [-0.15, -0.1) is 0 Å². The molecule has 2 N–H and O–H groups in total. The lowest BCUT2D eigenvalue weighted by molar-refractivity contribution is 0.0577. The van der Waals surface area contributed by atoms with Crippen LogP contribution in [0.3, 0.4) is 0 Å². The average Bonchev–Trinajstić information content (AvgIpc) is 3.18. The Kier molecular flexibility index (Phi) is 6.27. The van der Waals surface area contributed by atoms with Crippen LogP contribution in [0.15, 0.2) is 45.9 Å². The minimum absolute atomic E-state index is 0.0759. The van der Waals surface area contributed by atoms with Crippen LogP contribution in [0.2, 0.25) is 5.15 Å². The highest BCUT2D eigenvalue weighted by Crippen LogP contribution is 2.32. The summed E-state index contributed by atoms with van der Waals surface area (Å²) >= 11 is 6.01. The van der Waals surface area contributed by atoms with Crippen molar-refractivity contribution in [1.29, 1.82) is 0 Å². The first-order valence-electron chi connectivity index (χ1n) is 11.2. The van der Waals surface area contributed by atoms with E-state index in [0.29, 0.717) is 39.6 Å². The number of halogens is 1. The normalized spacial score (nSPS) is 12.8. The third kappa shape index (κ3) is 4.86. The smallest absolute Gasteiger partial charge is 0.196 e. The van der Waals surface area contributed by atoms with Crippen LogP contribution in [0.1, 0.15) is 49.2 Å². The summed E-state index contributed by atoms with van der Waals surface area (Å²) in [6, 6.07) is 7.35. The largest absolute Gasteiger partial charge is 0.455 e. The van der Waals surface area contributed by atoms with E-state index >= 15 is 0 Å². The lowest BCUT2D eigenvalue weighted by atomic mass is 9.99. The molecule has 3 aromatic heterocycles. The van der Waals surface area contributed by atoms with Gasteiger partial charge in [0, 0.05) is 17.3 Å². The van der Waals surface area contributed by atoms with E-state index in [2.05, 4.69) is 15.4 Å². The van der Waals surface area contributed by atoms with Gasteiger partial charge in [-0.3, -0.25) is 9.48 Å².